The highest BCUT2D eigenvalue weighted by Crippen LogP contribution is 2.16. The Kier molecular flexibility index (Phi) is 2.04. The van der Waals surface area contributed by atoms with E-state index in [0.717, 1.165) is 18.6 Å². The third-order valence-corrected chi connectivity index (χ3v) is 1.79. The van der Waals surface area contributed by atoms with Crippen molar-refractivity contribution in [2.24, 2.45) is 0 Å². The molecule has 0 unspecified atom stereocenters. The molecule has 1 N–H and O–H groups in total. The van der Waals surface area contributed by atoms with Gasteiger partial charge >= 0.3 is 0 Å². The van der Waals surface area contributed by atoms with Crippen LogP contribution in [-0.4, -0.2) is 5.71 Å². The molecule has 0 saturated carbocycles. The van der Waals surface area contributed by atoms with E-state index in [2.05, 4.69) is 13.0 Å². The van der Waals surface area contributed by atoms with Crippen molar-refractivity contribution in [3.8, 4) is 0 Å². The third kappa shape index (κ3) is 1.41. The average Bonchev–Trinajstić information content (AvgIpc) is 1.89. The maximum atomic E-state index is 7.48. The lowest BCUT2D eigenvalue weighted by molar-refractivity contribution is 0.849. The maximum Gasteiger partial charge on any atom is 0.0342 e. The van der Waals surface area contributed by atoms with Gasteiger partial charge in [0.2, 0.25) is 0 Å². The highest BCUT2D eigenvalue weighted by Gasteiger charge is 2.06. The highest BCUT2D eigenvalue weighted by atomic mass is 14.4. The number of nitrogens with one attached hydrogen (secondary N) is 1. The van der Waals surface area contributed by atoms with Gasteiger partial charge in [-0.15, -0.1) is 0 Å². The van der Waals surface area contributed by atoms with E-state index in [0.29, 0.717) is 0 Å². The molecule has 1 aliphatic carbocycles. The van der Waals surface area contributed by atoms with Crippen molar-refractivity contribution in [1.82, 2.24) is 0 Å². The van der Waals surface area contributed by atoms with Crippen molar-refractivity contribution < 1.29 is 0 Å². The molecule has 9 heavy (non-hydrogen) atoms. The summed E-state index contributed by atoms with van der Waals surface area (Å²) in [6, 6.07) is 0. The fourth-order valence-corrected chi connectivity index (χ4v) is 1.20. The van der Waals surface area contributed by atoms with Crippen molar-refractivity contribution in [2.75, 3.05) is 0 Å². The van der Waals surface area contributed by atoms with E-state index in [4.69, 9.17) is 5.41 Å². The molecule has 0 radical (unpaired) electrons. The van der Waals surface area contributed by atoms with Gasteiger partial charge in [0.05, 0.1) is 0 Å². The number of rotatable bonds is 1. The predicted octanol–water partition coefficient (Wildman–Crippen LogP) is 2.53. The van der Waals surface area contributed by atoms with Gasteiger partial charge in [0.1, 0.15) is 0 Å². The minimum atomic E-state index is 0.865. The standard InChI is InChI=1S/C8H13N/c1-2-7-5-3-4-6-8(7)9/h5,9H,2-4,6H2,1H3. The van der Waals surface area contributed by atoms with Crippen LogP contribution in [0.5, 0.6) is 0 Å². The molecule has 0 saturated heterocycles. The SMILES string of the molecule is CCC1=CCCCC1=N. The minimum Gasteiger partial charge on any atom is -0.305 e. The summed E-state index contributed by atoms with van der Waals surface area (Å²) in [4.78, 5) is 0. The van der Waals surface area contributed by atoms with Crippen LogP contribution in [0.4, 0.5) is 0 Å². The van der Waals surface area contributed by atoms with Gasteiger partial charge in [-0.05, 0) is 31.3 Å². The Morgan fingerprint density at radius 2 is 2.44 bits per heavy atom. The first kappa shape index (κ1) is 6.53. The molecular formula is C8H13N. The van der Waals surface area contributed by atoms with Crippen molar-refractivity contribution in [2.45, 2.75) is 32.6 Å². The Balaban J connectivity index is 2.64. The van der Waals surface area contributed by atoms with E-state index >= 15 is 0 Å². The third-order valence-electron chi connectivity index (χ3n) is 1.79. The lowest BCUT2D eigenvalue weighted by atomic mass is 9.96. The monoisotopic (exact) mass is 123 g/mol. The van der Waals surface area contributed by atoms with Crippen molar-refractivity contribution in [1.29, 1.82) is 5.41 Å². The van der Waals surface area contributed by atoms with Gasteiger partial charge < -0.3 is 5.41 Å². The molecule has 1 aliphatic rings. The van der Waals surface area contributed by atoms with Crippen molar-refractivity contribution >= 4 is 5.71 Å². The second kappa shape index (κ2) is 2.81. The van der Waals surface area contributed by atoms with Gasteiger partial charge in [-0.25, -0.2) is 0 Å². The van der Waals surface area contributed by atoms with Gasteiger partial charge in [0, 0.05) is 5.71 Å². The first-order valence-corrected chi connectivity index (χ1v) is 3.61. The normalized spacial score (nSPS) is 19.7. The maximum absolute atomic E-state index is 7.48. The number of hydrogen-bond donors (Lipinski definition) is 1. The van der Waals surface area contributed by atoms with E-state index in [-0.39, 0.29) is 0 Å². The molecule has 0 bridgehead atoms. The largest absolute Gasteiger partial charge is 0.305 e. The van der Waals surface area contributed by atoms with Crippen LogP contribution in [0, 0.1) is 5.41 Å². The molecule has 1 rings (SSSR count). The molecule has 0 aromatic carbocycles. The van der Waals surface area contributed by atoms with Crippen LogP contribution in [0.25, 0.3) is 0 Å². The molecular weight excluding hydrogens is 110 g/mol. The Labute approximate surface area is 56.3 Å². The van der Waals surface area contributed by atoms with Crippen LogP contribution in [0.3, 0.4) is 0 Å². The topological polar surface area (TPSA) is 23.9 Å². The van der Waals surface area contributed by atoms with Crippen LogP contribution in [0.15, 0.2) is 11.6 Å². The number of allylic oxidation sites excluding steroid dienone is 2. The Bertz CT molecular complexity index is 145. The quantitative estimate of drug-likeness (QED) is 0.554. The summed E-state index contributed by atoms with van der Waals surface area (Å²) < 4.78 is 0. The molecule has 0 aromatic rings. The summed E-state index contributed by atoms with van der Waals surface area (Å²) in [5.41, 5.74) is 2.13. The molecule has 1 heteroatoms. The van der Waals surface area contributed by atoms with Crippen LogP contribution >= 0.6 is 0 Å². The Hall–Kier alpha value is -0.590. The minimum absolute atomic E-state index is 0.865. The zero-order chi connectivity index (χ0) is 6.69. The molecule has 0 atom stereocenters. The molecule has 0 spiro atoms. The molecule has 0 aliphatic heterocycles. The smallest absolute Gasteiger partial charge is 0.0342 e. The molecule has 0 heterocycles. The molecule has 0 aromatic heterocycles. The fourth-order valence-electron chi connectivity index (χ4n) is 1.20. The van der Waals surface area contributed by atoms with Crippen LogP contribution < -0.4 is 0 Å². The van der Waals surface area contributed by atoms with Gasteiger partial charge in [0.15, 0.2) is 0 Å². The molecule has 50 valence electrons. The first-order chi connectivity index (χ1) is 4.34. The predicted molar refractivity (Wildman–Crippen MR) is 40.0 cm³/mol. The number of hydrogen-bond acceptors (Lipinski definition) is 1. The fraction of sp³-hybridized carbons (Fsp3) is 0.625. The Morgan fingerprint density at radius 3 is 2.89 bits per heavy atom. The van der Waals surface area contributed by atoms with E-state index in [9.17, 15) is 0 Å². The highest BCUT2D eigenvalue weighted by molar-refractivity contribution is 5.98. The second-order valence-corrected chi connectivity index (χ2v) is 2.45. The van der Waals surface area contributed by atoms with Crippen molar-refractivity contribution in [3.05, 3.63) is 11.6 Å². The summed E-state index contributed by atoms with van der Waals surface area (Å²) in [6.45, 7) is 2.12. The molecule has 0 fully saturated rings. The summed E-state index contributed by atoms with van der Waals surface area (Å²) in [5.74, 6) is 0. The lowest BCUT2D eigenvalue weighted by Gasteiger charge is -2.11. The van der Waals surface area contributed by atoms with Crippen LogP contribution in [0.2, 0.25) is 0 Å². The van der Waals surface area contributed by atoms with Gasteiger partial charge in [0.25, 0.3) is 0 Å². The van der Waals surface area contributed by atoms with Gasteiger partial charge in [-0.3, -0.25) is 0 Å². The average molecular weight is 123 g/mol. The lowest BCUT2D eigenvalue weighted by Crippen LogP contribution is -2.04. The zero-order valence-corrected chi connectivity index (χ0v) is 5.91. The van der Waals surface area contributed by atoms with E-state index in [1.165, 1.54) is 18.4 Å². The van der Waals surface area contributed by atoms with Crippen LogP contribution in [-0.2, 0) is 0 Å². The van der Waals surface area contributed by atoms with Crippen molar-refractivity contribution in [3.63, 3.8) is 0 Å². The summed E-state index contributed by atoms with van der Waals surface area (Å²) in [5, 5.41) is 7.48. The zero-order valence-electron chi connectivity index (χ0n) is 5.91. The van der Waals surface area contributed by atoms with E-state index in [1.807, 2.05) is 0 Å². The Morgan fingerprint density at radius 1 is 1.67 bits per heavy atom. The van der Waals surface area contributed by atoms with Gasteiger partial charge in [-0.2, -0.15) is 0 Å². The molecule has 1 nitrogen and oxygen atoms in total. The second-order valence-electron chi connectivity index (χ2n) is 2.45. The van der Waals surface area contributed by atoms with E-state index < -0.39 is 0 Å². The summed E-state index contributed by atoms with van der Waals surface area (Å²) in [7, 11) is 0. The van der Waals surface area contributed by atoms with Gasteiger partial charge in [-0.1, -0.05) is 13.0 Å². The first-order valence-electron chi connectivity index (χ1n) is 3.61. The summed E-state index contributed by atoms with van der Waals surface area (Å²) in [6.07, 6.45) is 6.61. The van der Waals surface area contributed by atoms with E-state index in [1.54, 1.807) is 0 Å². The molecule has 0 amide bonds. The van der Waals surface area contributed by atoms with Crippen LogP contribution in [0.1, 0.15) is 32.6 Å². The summed E-state index contributed by atoms with van der Waals surface area (Å²) >= 11 is 0.